The molecule has 3 rings (SSSR count). The maximum Gasteiger partial charge on any atom is 0.338 e. The molecule has 1 aliphatic heterocycles. The Morgan fingerprint density at radius 1 is 1.06 bits per heavy atom. The highest BCUT2D eigenvalue weighted by Crippen LogP contribution is 2.25. The minimum absolute atomic E-state index is 0.109. The predicted molar refractivity (Wildman–Crippen MR) is 124 cm³/mol. The van der Waals surface area contributed by atoms with Gasteiger partial charge in [0.2, 0.25) is 15.9 Å². The van der Waals surface area contributed by atoms with E-state index in [1.54, 1.807) is 25.1 Å². The first-order valence-corrected chi connectivity index (χ1v) is 12.4. The van der Waals surface area contributed by atoms with Crippen LogP contribution in [0.3, 0.4) is 0 Å². The van der Waals surface area contributed by atoms with Gasteiger partial charge in [0.1, 0.15) is 0 Å². The van der Waals surface area contributed by atoms with Crippen LogP contribution in [-0.4, -0.2) is 50.6 Å². The van der Waals surface area contributed by atoms with Crippen LogP contribution < -0.4 is 5.32 Å². The van der Waals surface area contributed by atoms with E-state index in [4.69, 9.17) is 4.74 Å². The van der Waals surface area contributed by atoms with Crippen molar-refractivity contribution in [3.63, 3.8) is 0 Å². The van der Waals surface area contributed by atoms with Crippen molar-refractivity contribution in [3.05, 3.63) is 65.2 Å². The van der Waals surface area contributed by atoms with Gasteiger partial charge in [0.15, 0.2) is 0 Å². The molecular weight excluding hydrogens is 428 g/mol. The molecule has 0 aromatic heterocycles. The lowest BCUT2D eigenvalue weighted by Gasteiger charge is -2.30. The first kappa shape index (κ1) is 23.9. The molecular formula is C24H30N2O5S. The molecule has 2 aromatic carbocycles. The molecule has 8 heteroatoms. The van der Waals surface area contributed by atoms with Crippen LogP contribution in [0.15, 0.2) is 48.5 Å². The number of nitrogens with one attached hydrogen (secondary N) is 1. The summed E-state index contributed by atoms with van der Waals surface area (Å²) in [5.41, 5.74) is 2.74. The number of rotatable bonds is 8. The van der Waals surface area contributed by atoms with E-state index in [1.807, 2.05) is 30.3 Å². The summed E-state index contributed by atoms with van der Waals surface area (Å²) in [5.74, 6) is -0.772. The second kappa shape index (κ2) is 10.7. The van der Waals surface area contributed by atoms with Crippen LogP contribution in [-0.2, 0) is 26.0 Å². The third-order valence-corrected chi connectivity index (χ3v) is 7.88. The topological polar surface area (TPSA) is 92.8 Å². The average Bonchev–Trinajstić information content (AvgIpc) is 2.80. The monoisotopic (exact) mass is 458 g/mol. The Morgan fingerprint density at radius 2 is 1.75 bits per heavy atom. The summed E-state index contributed by atoms with van der Waals surface area (Å²) in [6.45, 7) is 2.44. The van der Waals surface area contributed by atoms with Crippen molar-refractivity contribution in [2.45, 2.75) is 32.6 Å². The molecule has 1 heterocycles. The minimum atomic E-state index is -3.34. The molecule has 1 N–H and O–H groups in total. The van der Waals surface area contributed by atoms with Gasteiger partial charge < -0.3 is 10.1 Å². The minimum Gasteiger partial charge on any atom is -0.465 e. The zero-order valence-corrected chi connectivity index (χ0v) is 19.4. The van der Waals surface area contributed by atoms with E-state index in [0.29, 0.717) is 49.2 Å². The van der Waals surface area contributed by atoms with Crippen LogP contribution in [0.4, 0.5) is 5.69 Å². The number of anilines is 1. The highest BCUT2D eigenvalue weighted by Gasteiger charge is 2.31. The summed E-state index contributed by atoms with van der Waals surface area (Å²) in [4.78, 5) is 24.6. The van der Waals surface area contributed by atoms with Crippen molar-refractivity contribution < 1.29 is 22.7 Å². The smallest absolute Gasteiger partial charge is 0.338 e. The van der Waals surface area contributed by atoms with Gasteiger partial charge >= 0.3 is 5.97 Å². The van der Waals surface area contributed by atoms with E-state index in [9.17, 15) is 18.0 Å². The Bertz CT molecular complexity index is 1050. The fraction of sp³-hybridized carbons (Fsp3) is 0.417. The second-order valence-corrected chi connectivity index (χ2v) is 10.1. The van der Waals surface area contributed by atoms with Crippen molar-refractivity contribution in [1.29, 1.82) is 0 Å². The Balaban J connectivity index is 1.51. The molecule has 0 atom stereocenters. The van der Waals surface area contributed by atoms with Crippen molar-refractivity contribution in [1.82, 2.24) is 4.31 Å². The number of carbonyl (C=O) groups is 2. The lowest BCUT2D eigenvalue weighted by Crippen LogP contribution is -2.42. The number of nitrogens with zero attached hydrogens (tertiary/aromatic N) is 1. The number of hydrogen-bond donors (Lipinski definition) is 1. The number of esters is 1. The molecule has 0 spiro atoms. The Labute approximate surface area is 189 Å². The van der Waals surface area contributed by atoms with Crippen LogP contribution in [0.25, 0.3) is 0 Å². The Kier molecular flexibility index (Phi) is 8.04. The van der Waals surface area contributed by atoms with Crippen molar-refractivity contribution in [2.75, 3.05) is 31.3 Å². The van der Waals surface area contributed by atoms with Crippen LogP contribution in [0.2, 0.25) is 0 Å². The molecule has 0 bridgehead atoms. The maximum absolute atomic E-state index is 12.8. The molecule has 1 fully saturated rings. The molecule has 172 valence electrons. The summed E-state index contributed by atoms with van der Waals surface area (Å²) in [6, 6.07) is 14.9. The molecule has 2 aromatic rings. The van der Waals surface area contributed by atoms with E-state index >= 15 is 0 Å². The molecule has 0 unspecified atom stereocenters. The van der Waals surface area contributed by atoms with Crippen LogP contribution in [0.5, 0.6) is 0 Å². The summed E-state index contributed by atoms with van der Waals surface area (Å²) < 4.78 is 31.7. The SMILES string of the molecule is COC(=O)c1cccc(NC(=O)C2CCN(S(=O)(=O)CCCc3ccccc3)CC2)c1C. The van der Waals surface area contributed by atoms with Gasteiger partial charge in [-0.25, -0.2) is 17.5 Å². The number of sulfonamides is 1. The fourth-order valence-corrected chi connectivity index (χ4v) is 5.50. The number of piperidine rings is 1. The number of methoxy groups -OCH3 is 1. The van der Waals surface area contributed by atoms with Gasteiger partial charge in [-0.1, -0.05) is 36.4 Å². The predicted octanol–water partition coefficient (Wildman–Crippen LogP) is 3.39. The highest BCUT2D eigenvalue weighted by molar-refractivity contribution is 7.89. The fourth-order valence-electron chi connectivity index (χ4n) is 3.97. The summed E-state index contributed by atoms with van der Waals surface area (Å²) >= 11 is 0. The molecule has 7 nitrogen and oxygen atoms in total. The normalized spacial score (nSPS) is 15.3. The lowest BCUT2D eigenvalue weighted by molar-refractivity contribution is -0.120. The Hall–Kier alpha value is -2.71. The molecule has 0 saturated carbocycles. The van der Waals surface area contributed by atoms with Crippen molar-refractivity contribution in [2.24, 2.45) is 5.92 Å². The number of benzene rings is 2. The summed E-state index contributed by atoms with van der Waals surface area (Å²) in [5, 5.41) is 2.89. The zero-order chi connectivity index (χ0) is 23.1. The molecule has 0 radical (unpaired) electrons. The van der Waals surface area contributed by atoms with Crippen molar-refractivity contribution in [3.8, 4) is 0 Å². The first-order valence-electron chi connectivity index (χ1n) is 10.8. The third kappa shape index (κ3) is 5.95. The van der Waals surface area contributed by atoms with Gasteiger partial charge in [0.05, 0.1) is 18.4 Å². The second-order valence-electron chi connectivity index (χ2n) is 8.04. The molecule has 0 aliphatic carbocycles. The van der Waals surface area contributed by atoms with Crippen LogP contribution >= 0.6 is 0 Å². The number of hydrogen-bond acceptors (Lipinski definition) is 5. The molecule has 1 saturated heterocycles. The standard InChI is InChI=1S/C24H30N2O5S/c1-18-21(24(28)31-2)11-6-12-22(18)25-23(27)20-13-15-26(16-14-20)32(29,30)17-7-10-19-8-4-3-5-9-19/h3-6,8-9,11-12,20H,7,10,13-17H2,1-2H3,(H,25,27). The number of amides is 1. The van der Waals surface area contributed by atoms with Gasteiger partial charge in [0.25, 0.3) is 0 Å². The van der Waals surface area contributed by atoms with E-state index in [0.717, 1.165) is 12.0 Å². The highest BCUT2D eigenvalue weighted by atomic mass is 32.2. The van der Waals surface area contributed by atoms with E-state index < -0.39 is 16.0 Å². The van der Waals surface area contributed by atoms with Gasteiger partial charge in [-0.15, -0.1) is 0 Å². The van der Waals surface area contributed by atoms with E-state index in [2.05, 4.69) is 5.32 Å². The van der Waals surface area contributed by atoms with E-state index in [1.165, 1.54) is 11.4 Å². The van der Waals surface area contributed by atoms with Crippen molar-refractivity contribution >= 4 is 27.6 Å². The van der Waals surface area contributed by atoms with Gasteiger partial charge in [0, 0.05) is 24.7 Å². The molecule has 1 aliphatic rings. The maximum atomic E-state index is 12.8. The summed E-state index contributed by atoms with van der Waals surface area (Å²) in [7, 11) is -2.02. The number of carbonyl (C=O) groups excluding carboxylic acids is 2. The van der Waals surface area contributed by atoms with Gasteiger partial charge in [-0.2, -0.15) is 0 Å². The Morgan fingerprint density at radius 3 is 2.41 bits per heavy atom. The number of aryl methyl sites for hydroxylation is 1. The van der Waals surface area contributed by atoms with Crippen LogP contribution in [0.1, 0.15) is 40.7 Å². The molecule has 1 amide bonds. The third-order valence-electron chi connectivity index (χ3n) is 5.93. The largest absolute Gasteiger partial charge is 0.465 e. The summed E-state index contributed by atoms with van der Waals surface area (Å²) in [6.07, 6.45) is 2.24. The van der Waals surface area contributed by atoms with Gasteiger partial charge in [-0.3, -0.25) is 4.79 Å². The first-order chi connectivity index (χ1) is 15.3. The number of ether oxygens (including phenoxy) is 1. The zero-order valence-electron chi connectivity index (χ0n) is 18.5. The van der Waals surface area contributed by atoms with Crippen LogP contribution in [0, 0.1) is 12.8 Å². The average molecular weight is 459 g/mol. The lowest BCUT2D eigenvalue weighted by atomic mass is 9.96. The quantitative estimate of drug-likeness (QED) is 0.612. The van der Waals surface area contributed by atoms with Gasteiger partial charge in [-0.05, 0) is 55.9 Å². The molecule has 32 heavy (non-hydrogen) atoms. The van der Waals surface area contributed by atoms with E-state index in [-0.39, 0.29) is 17.6 Å².